The summed E-state index contributed by atoms with van der Waals surface area (Å²) in [6.07, 6.45) is 3.10. The lowest BCUT2D eigenvalue weighted by Gasteiger charge is -2.10. The van der Waals surface area contributed by atoms with E-state index in [1.165, 1.54) is 20.3 Å². The van der Waals surface area contributed by atoms with E-state index in [1.54, 1.807) is 54.6 Å². The van der Waals surface area contributed by atoms with Gasteiger partial charge in [0.05, 0.1) is 19.8 Å². The van der Waals surface area contributed by atoms with Crippen molar-refractivity contribution in [3.8, 4) is 17.2 Å². The van der Waals surface area contributed by atoms with E-state index in [2.05, 4.69) is 0 Å². The van der Waals surface area contributed by atoms with Gasteiger partial charge in [0.1, 0.15) is 5.75 Å². The van der Waals surface area contributed by atoms with Crippen molar-refractivity contribution in [3.63, 3.8) is 0 Å². The molecule has 0 radical (unpaired) electrons. The van der Waals surface area contributed by atoms with Gasteiger partial charge >= 0.3 is 5.97 Å². The number of methoxy groups -OCH3 is 2. The van der Waals surface area contributed by atoms with Crippen LogP contribution in [0.5, 0.6) is 17.2 Å². The van der Waals surface area contributed by atoms with E-state index < -0.39 is 5.97 Å². The molecule has 30 heavy (non-hydrogen) atoms. The van der Waals surface area contributed by atoms with Crippen molar-refractivity contribution in [1.29, 1.82) is 0 Å². The van der Waals surface area contributed by atoms with Crippen molar-refractivity contribution >= 4 is 17.8 Å². The van der Waals surface area contributed by atoms with Gasteiger partial charge in [0.2, 0.25) is 0 Å². The summed E-state index contributed by atoms with van der Waals surface area (Å²) in [5, 5.41) is 0. The fourth-order valence-corrected chi connectivity index (χ4v) is 2.81. The fourth-order valence-electron chi connectivity index (χ4n) is 2.81. The van der Waals surface area contributed by atoms with E-state index in [1.807, 2.05) is 25.1 Å². The topological polar surface area (TPSA) is 61.8 Å². The Hall–Kier alpha value is -3.86. The maximum atomic E-state index is 12.6. The molecule has 0 aliphatic rings. The standard InChI is InChI=1S/C25H22O5/c1-17-8-10-18(11-9-17)21(26)14-12-19-6-4-5-7-22(19)30-25(27)20-13-15-23(28-2)24(16-20)29-3/h4-16H,1-3H3/b14-12+. The first-order valence-corrected chi connectivity index (χ1v) is 9.34. The number of carbonyl (C=O) groups excluding carboxylic acids is 2. The molecular formula is C25H22O5. The molecule has 0 spiro atoms. The minimum absolute atomic E-state index is 0.129. The number of carbonyl (C=O) groups is 2. The number of aryl methyl sites for hydroxylation is 1. The molecule has 0 heterocycles. The molecule has 5 heteroatoms. The first-order chi connectivity index (χ1) is 14.5. The van der Waals surface area contributed by atoms with E-state index in [-0.39, 0.29) is 5.78 Å². The van der Waals surface area contributed by atoms with Gasteiger partial charge in [0, 0.05) is 11.1 Å². The third-order valence-corrected chi connectivity index (χ3v) is 4.49. The van der Waals surface area contributed by atoms with Gasteiger partial charge in [-0.3, -0.25) is 4.79 Å². The van der Waals surface area contributed by atoms with Crippen LogP contribution in [-0.4, -0.2) is 26.0 Å². The minimum Gasteiger partial charge on any atom is -0.493 e. The predicted octanol–water partition coefficient (Wildman–Crippen LogP) is 5.13. The van der Waals surface area contributed by atoms with Crippen molar-refractivity contribution < 1.29 is 23.8 Å². The minimum atomic E-state index is -0.540. The Morgan fingerprint density at radius 3 is 2.13 bits per heavy atom. The van der Waals surface area contributed by atoms with Gasteiger partial charge in [-0.15, -0.1) is 0 Å². The molecule has 0 aliphatic carbocycles. The molecule has 0 saturated heterocycles. The summed E-state index contributed by atoms with van der Waals surface area (Å²) in [5.41, 5.74) is 2.62. The van der Waals surface area contributed by atoms with Gasteiger partial charge in [-0.2, -0.15) is 0 Å². The largest absolute Gasteiger partial charge is 0.493 e. The lowest BCUT2D eigenvalue weighted by molar-refractivity contribution is 0.0733. The summed E-state index contributed by atoms with van der Waals surface area (Å²) in [6.45, 7) is 1.97. The molecule has 0 atom stereocenters. The van der Waals surface area contributed by atoms with Crippen LogP contribution in [0.25, 0.3) is 6.08 Å². The molecule has 0 N–H and O–H groups in total. The lowest BCUT2D eigenvalue weighted by atomic mass is 10.1. The molecule has 3 rings (SSSR count). The molecule has 0 aliphatic heterocycles. The quantitative estimate of drug-likeness (QED) is 0.237. The van der Waals surface area contributed by atoms with Crippen LogP contribution in [0, 0.1) is 6.92 Å². The number of ether oxygens (including phenoxy) is 3. The number of hydrogen-bond acceptors (Lipinski definition) is 5. The van der Waals surface area contributed by atoms with E-state index >= 15 is 0 Å². The summed E-state index contributed by atoms with van der Waals surface area (Å²) in [4.78, 5) is 25.0. The first-order valence-electron chi connectivity index (χ1n) is 9.34. The zero-order valence-electron chi connectivity index (χ0n) is 17.0. The zero-order chi connectivity index (χ0) is 21.5. The Bertz CT molecular complexity index is 1080. The molecule has 0 fully saturated rings. The Morgan fingerprint density at radius 1 is 0.767 bits per heavy atom. The van der Waals surface area contributed by atoms with Crippen LogP contribution in [0.3, 0.4) is 0 Å². The fraction of sp³-hybridized carbons (Fsp3) is 0.120. The van der Waals surface area contributed by atoms with Crippen molar-refractivity contribution in [2.45, 2.75) is 6.92 Å². The van der Waals surface area contributed by atoms with Gasteiger partial charge < -0.3 is 14.2 Å². The Kier molecular flexibility index (Phi) is 6.65. The smallest absolute Gasteiger partial charge is 0.343 e. The van der Waals surface area contributed by atoms with Crippen LogP contribution in [-0.2, 0) is 0 Å². The number of esters is 1. The van der Waals surface area contributed by atoms with Crippen molar-refractivity contribution in [3.05, 3.63) is 95.1 Å². The monoisotopic (exact) mass is 402 g/mol. The summed E-state index contributed by atoms with van der Waals surface area (Å²) in [5.74, 6) is 0.638. The zero-order valence-corrected chi connectivity index (χ0v) is 17.0. The Balaban J connectivity index is 1.79. The number of ketones is 1. The van der Waals surface area contributed by atoms with Gasteiger partial charge in [-0.1, -0.05) is 48.0 Å². The maximum Gasteiger partial charge on any atom is 0.343 e. The predicted molar refractivity (Wildman–Crippen MR) is 115 cm³/mol. The van der Waals surface area contributed by atoms with E-state index in [0.717, 1.165) is 5.56 Å². The molecule has 3 aromatic carbocycles. The summed E-state index contributed by atoms with van der Waals surface area (Å²) in [6, 6.07) is 19.2. The first kappa shape index (κ1) is 20.9. The van der Waals surface area contributed by atoms with Crippen LogP contribution in [0.15, 0.2) is 72.8 Å². The normalized spacial score (nSPS) is 10.6. The highest BCUT2D eigenvalue weighted by Gasteiger charge is 2.14. The molecule has 3 aromatic rings. The highest BCUT2D eigenvalue weighted by molar-refractivity contribution is 6.07. The van der Waals surface area contributed by atoms with E-state index in [9.17, 15) is 9.59 Å². The van der Waals surface area contributed by atoms with Crippen LogP contribution in [0.2, 0.25) is 0 Å². The molecule has 0 amide bonds. The average Bonchev–Trinajstić information content (AvgIpc) is 2.78. The van der Waals surface area contributed by atoms with Crippen molar-refractivity contribution in [1.82, 2.24) is 0 Å². The molecule has 0 saturated carbocycles. The molecule has 0 bridgehead atoms. The number of rotatable bonds is 7. The summed E-state index contributed by atoms with van der Waals surface area (Å²) < 4.78 is 16.0. The second kappa shape index (κ2) is 9.56. The molecule has 0 aromatic heterocycles. The number of hydrogen-bond donors (Lipinski definition) is 0. The third kappa shape index (κ3) is 4.94. The van der Waals surface area contributed by atoms with Gasteiger partial charge in [-0.25, -0.2) is 4.79 Å². The van der Waals surface area contributed by atoms with Gasteiger partial charge in [0.25, 0.3) is 0 Å². The summed E-state index contributed by atoms with van der Waals surface area (Å²) in [7, 11) is 3.02. The SMILES string of the molecule is COc1ccc(C(=O)Oc2ccccc2/C=C/C(=O)c2ccc(C)cc2)cc1OC. The highest BCUT2D eigenvalue weighted by Crippen LogP contribution is 2.28. The van der Waals surface area contributed by atoms with Crippen molar-refractivity contribution in [2.24, 2.45) is 0 Å². The van der Waals surface area contributed by atoms with Crippen LogP contribution < -0.4 is 14.2 Å². The third-order valence-electron chi connectivity index (χ3n) is 4.49. The molecule has 5 nitrogen and oxygen atoms in total. The number of benzene rings is 3. The maximum absolute atomic E-state index is 12.6. The van der Waals surface area contributed by atoms with Crippen LogP contribution in [0.1, 0.15) is 31.8 Å². The molecule has 0 unspecified atom stereocenters. The lowest BCUT2D eigenvalue weighted by Crippen LogP contribution is -2.09. The second-order valence-corrected chi connectivity index (χ2v) is 6.56. The summed E-state index contributed by atoms with van der Waals surface area (Å²) >= 11 is 0. The van der Waals surface area contributed by atoms with Crippen LogP contribution in [0.4, 0.5) is 0 Å². The van der Waals surface area contributed by atoms with E-state index in [4.69, 9.17) is 14.2 Å². The van der Waals surface area contributed by atoms with Gasteiger partial charge in [0.15, 0.2) is 17.3 Å². The van der Waals surface area contributed by atoms with Crippen molar-refractivity contribution in [2.75, 3.05) is 14.2 Å². The molecule has 152 valence electrons. The highest BCUT2D eigenvalue weighted by atomic mass is 16.5. The van der Waals surface area contributed by atoms with E-state index in [0.29, 0.717) is 33.9 Å². The average molecular weight is 402 g/mol. The number of para-hydroxylation sites is 1. The molecular weight excluding hydrogens is 380 g/mol. The Morgan fingerprint density at radius 2 is 1.43 bits per heavy atom. The number of allylic oxidation sites excluding steroid dienone is 1. The van der Waals surface area contributed by atoms with Crippen LogP contribution >= 0.6 is 0 Å². The Labute approximate surface area is 175 Å². The van der Waals surface area contributed by atoms with Gasteiger partial charge in [-0.05, 0) is 43.3 Å². The second-order valence-electron chi connectivity index (χ2n) is 6.56.